The number of benzene rings is 2. The molecule has 106 valence electrons. The standard InChI is InChI=1S/C16H11ClO4/c17-10-6-4-9(5-7-10)8-21-12-3-1-2-11-13(12)15(19)16(20)14(11)18/h1-7,16,20H,8H2. The smallest absolute Gasteiger partial charge is 0.203 e. The molecule has 0 fully saturated rings. The Hall–Kier alpha value is -2.17. The summed E-state index contributed by atoms with van der Waals surface area (Å²) >= 11 is 5.81. The number of aliphatic hydroxyl groups excluding tert-OH is 1. The van der Waals surface area contributed by atoms with E-state index in [9.17, 15) is 14.7 Å². The molecule has 0 bridgehead atoms. The third-order valence-corrected chi connectivity index (χ3v) is 3.59. The van der Waals surface area contributed by atoms with Gasteiger partial charge in [0.15, 0.2) is 11.9 Å². The zero-order chi connectivity index (χ0) is 15.0. The predicted molar refractivity (Wildman–Crippen MR) is 76.9 cm³/mol. The molecule has 0 aliphatic heterocycles. The molecule has 21 heavy (non-hydrogen) atoms. The normalized spacial score (nSPS) is 17.0. The van der Waals surface area contributed by atoms with Crippen molar-refractivity contribution in [3.63, 3.8) is 0 Å². The summed E-state index contributed by atoms with van der Waals surface area (Å²) in [5, 5.41) is 10.2. The highest BCUT2D eigenvalue weighted by Crippen LogP contribution is 2.31. The van der Waals surface area contributed by atoms with Crippen LogP contribution in [-0.4, -0.2) is 22.8 Å². The second-order valence-corrected chi connectivity index (χ2v) is 5.16. The van der Waals surface area contributed by atoms with Gasteiger partial charge in [0.05, 0.1) is 5.56 Å². The summed E-state index contributed by atoms with van der Waals surface area (Å²) in [6.45, 7) is 0.241. The van der Waals surface area contributed by atoms with Crippen molar-refractivity contribution in [2.24, 2.45) is 0 Å². The second-order valence-electron chi connectivity index (χ2n) is 4.72. The van der Waals surface area contributed by atoms with E-state index < -0.39 is 17.7 Å². The highest BCUT2D eigenvalue weighted by molar-refractivity contribution is 6.30. The Morgan fingerprint density at radius 2 is 1.76 bits per heavy atom. The highest BCUT2D eigenvalue weighted by Gasteiger charge is 2.39. The minimum absolute atomic E-state index is 0.156. The topological polar surface area (TPSA) is 63.6 Å². The van der Waals surface area contributed by atoms with E-state index in [2.05, 4.69) is 0 Å². The Morgan fingerprint density at radius 1 is 1.05 bits per heavy atom. The number of ether oxygens (including phenoxy) is 1. The SMILES string of the molecule is O=C1c2cccc(OCc3ccc(Cl)cc3)c2C(=O)C1O. The lowest BCUT2D eigenvalue weighted by Crippen LogP contribution is -2.20. The largest absolute Gasteiger partial charge is 0.488 e. The molecule has 1 N–H and O–H groups in total. The number of carbonyl (C=O) groups is 2. The third kappa shape index (κ3) is 2.44. The summed E-state index contributed by atoms with van der Waals surface area (Å²) in [5.41, 5.74) is 1.25. The van der Waals surface area contributed by atoms with Crippen LogP contribution in [0.25, 0.3) is 0 Å². The van der Waals surface area contributed by atoms with E-state index in [1.54, 1.807) is 24.3 Å². The molecule has 2 aromatic rings. The van der Waals surface area contributed by atoms with Crippen molar-refractivity contribution in [1.82, 2.24) is 0 Å². The van der Waals surface area contributed by atoms with Crippen molar-refractivity contribution < 1.29 is 19.4 Å². The Morgan fingerprint density at radius 3 is 2.48 bits per heavy atom. The molecule has 0 aromatic heterocycles. The molecule has 0 saturated carbocycles. The number of ketones is 2. The lowest BCUT2D eigenvalue weighted by Gasteiger charge is -2.09. The van der Waals surface area contributed by atoms with Crippen LogP contribution in [0, 0.1) is 0 Å². The zero-order valence-corrected chi connectivity index (χ0v) is 11.6. The fraction of sp³-hybridized carbons (Fsp3) is 0.125. The molecular weight excluding hydrogens is 292 g/mol. The summed E-state index contributed by atoms with van der Waals surface area (Å²) in [6.07, 6.45) is -1.61. The van der Waals surface area contributed by atoms with E-state index in [-0.39, 0.29) is 17.7 Å². The average Bonchev–Trinajstić information content (AvgIpc) is 2.72. The Bertz CT molecular complexity index is 722. The van der Waals surface area contributed by atoms with E-state index in [1.165, 1.54) is 6.07 Å². The number of hydrogen-bond donors (Lipinski definition) is 1. The van der Waals surface area contributed by atoms with Gasteiger partial charge in [-0.15, -0.1) is 0 Å². The van der Waals surface area contributed by atoms with Crippen LogP contribution < -0.4 is 4.74 Å². The number of rotatable bonds is 3. The first-order valence-corrected chi connectivity index (χ1v) is 6.72. The van der Waals surface area contributed by atoms with Crippen molar-refractivity contribution in [3.05, 3.63) is 64.2 Å². The second kappa shape index (κ2) is 5.31. The van der Waals surface area contributed by atoms with Crippen LogP contribution in [0.3, 0.4) is 0 Å². The van der Waals surface area contributed by atoms with Gasteiger partial charge in [0.2, 0.25) is 5.78 Å². The number of hydrogen-bond acceptors (Lipinski definition) is 4. The Balaban J connectivity index is 1.86. The van der Waals surface area contributed by atoms with Gasteiger partial charge in [-0.3, -0.25) is 9.59 Å². The third-order valence-electron chi connectivity index (χ3n) is 3.34. The molecule has 0 heterocycles. The highest BCUT2D eigenvalue weighted by atomic mass is 35.5. The van der Waals surface area contributed by atoms with Gasteiger partial charge in [-0.25, -0.2) is 0 Å². The van der Waals surface area contributed by atoms with E-state index >= 15 is 0 Å². The van der Waals surface area contributed by atoms with Crippen molar-refractivity contribution in [2.45, 2.75) is 12.7 Å². The molecule has 0 amide bonds. The summed E-state index contributed by atoms with van der Waals surface area (Å²) in [6, 6.07) is 11.9. The number of aliphatic hydroxyl groups is 1. The molecule has 2 aromatic carbocycles. The van der Waals surface area contributed by atoms with Crippen LogP contribution in [-0.2, 0) is 6.61 Å². The van der Waals surface area contributed by atoms with Gasteiger partial charge in [-0.2, -0.15) is 0 Å². The molecule has 1 unspecified atom stereocenters. The van der Waals surface area contributed by atoms with Crippen LogP contribution in [0.4, 0.5) is 0 Å². The van der Waals surface area contributed by atoms with Gasteiger partial charge in [-0.1, -0.05) is 35.9 Å². The first-order chi connectivity index (χ1) is 10.1. The van der Waals surface area contributed by atoms with Gasteiger partial charge >= 0.3 is 0 Å². The quantitative estimate of drug-likeness (QED) is 0.885. The van der Waals surface area contributed by atoms with Gasteiger partial charge in [0.25, 0.3) is 0 Å². The van der Waals surface area contributed by atoms with Crippen LogP contribution in [0.2, 0.25) is 5.02 Å². The zero-order valence-electron chi connectivity index (χ0n) is 10.9. The molecule has 1 aliphatic carbocycles. The molecule has 4 nitrogen and oxygen atoms in total. The minimum atomic E-state index is -1.61. The van der Waals surface area contributed by atoms with Crippen molar-refractivity contribution >= 4 is 23.2 Å². The molecule has 0 radical (unpaired) electrons. The Labute approximate surface area is 125 Å². The average molecular weight is 303 g/mol. The van der Waals surface area contributed by atoms with Crippen molar-refractivity contribution in [2.75, 3.05) is 0 Å². The maximum Gasteiger partial charge on any atom is 0.203 e. The van der Waals surface area contributed by atoms with Gasteiger partial charge in [0.1, 0.15) is 12.4 Å². The number of Topliss-reactive ketones (excluding diaryl/α,β-unsaturated/α-hetero) is 2. The van der Waals surface area contributed by atoms with Crippen molar-refractivity contribution in [1.29, 1.82) is 0 Å². The van der Waals surface area contributed by atoms with E-state index in [1.807, 2.05) is 12.1 Å². The summed E-state index contributed by atoms with van der Waals surface area (Å²) in [4.78, 5) is 23.6. The van der Waals surface area contributed by atoms with Gasteiger partial charge < -0.3 is 9.84 Å². The summed E-state index contributed by atoms with van der Waals surface area (Å²) in [7, 11) is 0. The molecule has 5 heteroatoms. The van der Waals surface area contributed by atoms with E-state index in [0.29, 0.717) is 10.8 Å². The Kier molecular flexibility index (Phi) is 3.49. The molecule has 3 rings (SSSR count). The van der Waals surface area contributed by atoms with Crippen LogP contribution >= 0.6 is 11.6 Å². The molecular formula is C16H11ClO4. The van der Waals surface area contributed by atoms with Crippen molar-refractivity contribution in [3.8, 4) is 5.75 Å². The van der Waals surface area contributed by atoms with Crippen LogP contribution in [0.15, 0.2) is 42.5 Å². The number of fused-ring (bicyclic) bond motifs is 1. The van der Waals surface area contributed by atoms with Gasteiger partial charge in [0, 0.05) is 10.6 Å². The fourth-order valence-electron chi connectivity index (χ4n) is 2.26. The fourth-order valence-corrected chi connectivity index (χ4v) is 2.38. The number of halogens is 1. The van der Waals surface area contributed by atoms with Crippen LogP contribution in [0.5, 0.6) is 5.75 Å². The lowest BCUT2D eigenvalue weighted by atomic mass is 10.1. The molecule has 1 atom stereocenters. The molecule has 0 saturated heterocycles. The number of carbonyl (C=O) groups excluding carboxylic acids is 2. The first kappa shape index (κ1) is 13.8. The monoisotopic (exact) mass is 302 g/mol. The molecule has 1 aliphatic rings. The maximum absolute atomic E-state index is 11.9. The van der Waals surface area contributed by atoms with E-state index in [0.717, 1.165) is 5.56 Å². The first-order valence-electron chi connectivity index (χ1n) is 6.34. The molecule has 0 spiro atoms. The van der Waals surface area contributed by atoms with Gasteiger partial charge in [-0.05, 0) is 23.8 Å². The van der Waals surface area contributed by atoms with Crippen LogP contribution in [0.1, 0.15) is 26.3 Å². The lowest BCUT2D eigenvalue weighted by molar-refractivity contribution is 0.0662. The van der Waals surface area contributed by atoms with E-state index in [4.69, 9.17) is 16.3 Å². The summed E-state index contributed by atoms with van der Waals surface area (Å²) in [5.74, 6) is -0.883. The summed E-state index contributed by atoms with van der Waals surface area (Å²) < 4.78 is 5.61. The minimum Gasteiger partial charge on any atom is -0.488 e. The maximum atomic E-state index is 11.9. The predicted octanol–water partition coefficient (Wildman–Crippen LogP) is 2.66.